The van der Waals surface area contributed by atoms with Crippen LogP contribution in [0, 0.1) is 0 Å². The van der Waals surface area contributed by atoms with Gasteiger partial charge in [-0.2, -0.15) is 0 Å². The van der Waals surface area contributed by atoms with E-state index in [1.165, 1.54) is 122 Å². The number of carbonyl (C=O) groups excluding carboxylic acids is 1. The second kappa shape index (κ2) is 20.9. The van der Waals surface area contributed by atoms with Crippen LogP contribution >= 0.6 is 0 Å². The Balaban J connectivity index is 1.72. The molecule has 172 valence electrons. The predicted octanol–water partition coefficient (Wildman–Crippen LogP) is 9.66. The Bertz CT molecular complexity index is 516. The molecule has 0 unspecified atom stereocenters. The van der Waals surface area contributed by atoms with E-state index < -0.39 is 0 Å². The highest BCUT2D eigenvalue weighted by Gasteiger charge is 1.96. The van der Waals surface area contributed by atoms with Gasteiger partial charge in [-0.15, -0.1) is 0 Å². The van der Waals surface area contributed by atoms with E-state index in [0.717, 1.165) is 18.4 Å². The second-order valence-corrected chi connectivity index (χ2v) is 9.04. The van der Waals surface area contributed by atoms with Gasteiger partial charge < -0.3 is 4.98 Å². The zero-order valence-electron chi connectivity index (χ0n) is 19.9. The smallest absolute Gasteiger partial charge is 0.166 e. The van der Waals surface area contributed by atoms with Crippen LogP contribution in [0.4, 0.5) is 0 Å². The highest BCUT2D eigenvalue weighted by Crippen LogP contribution is 2.15. The van der Waals surface area contributed by atoms with Gasteiger partial charge >= 0.3 is 0 Å². The van der Waals surface area contributed by atoms with Crippen molar-refractivity contribution < 1.29 is 4.79 Å². The lowest BCUT2D eigenvalue weighted by Crippen LogP contribution is -1.84. The molecule has 0 radical (unpaired) electrons. The molecule has 0 fully saturated rings. The average molecular weight is 416 g/mol. The number of aromatic nitrogens is 1. The van der Waals surface area contributed by atoms with Crippen LogP contribution < -0.4 is 0 Å². The van der Waals surface area contributed by atoms with Gasteiger partial charge in [0, 0.05) is 5.69 Å². The van der Waals surface area contributed by atoms with Gasteiger partial charge in [0.25, 0.3) is 0 Å². The van der Waals surface area contributed by atoms with Crippen LogP contribution in [0.15, 0.2) is 18.2 Å². The van der Waals surface area contributed by atoms with Crippen LogP contribution in [0.3, 0.4) is 0 Å². The first kappa shape index (κ1) is 26.7. The molecule has 0 atom stereocenters. The molecule has 2 nitrogen and oxygen atoms in total. The third-order valence-electron chi connectivity index (χ3n) is 6.13. The third-order valence-corrected chi connectivity index (χ3v) is 6.13. The van der Waals surface area contributed by atoms with Crippen LogP contribution in [0.1, 0.15) is 152 Å². The van der Waals surface area contributed by atoms with Crippen molar-refractivity contribution in [3.8, 4) is 0 Å². The monoisotopic (exact) mass is 415 g/mol. The fourth-order valence-corrected chi connectivity index (χ4v) is 4.15. The van der Waals surface area contributed by atoms with Gasteiger partial charge in [-0.25, -0.2) is 0 Å². The maximum atomic E-state index is 10.6. The Morgan fingerprint density at radius 3 is 1.40 bits per heavy atom. The summed E-state index contributed by atoms with van der Waals surface area (Å²) in [7, 11) is 0. The van der Waals surface area contributed by atoms with E-state index in [0.29, 0.717) is 5.69 Å². The number of allylic oxidation sites excluding steroid dienone is 1. The van der Waals surface area contributed by atoms with Gasteiger partial charge in [-0.1, -0.05) is 129 Å². The van der Waals surface area contributed by atoms with E-state index in [-0.39, 0.29) is 0 Å². The number of carbonyl (C=O) groups is 1. The maximum Gasteiger partial charge on any atom is 0.166 e. The van der Waals surface area contributed by atoms with Crippen molar-refractivity contribution in [2.24, 2.45) is 0 Å². The maximum absolute atomic E-state index is 10.6. The molecule has 1 aromatic rings. The summed E-state index contributed by atoms with van der Waals surface area (Å²) in [6, 6.07) is 3.78. The van der Waals surface area contributed by atoms with Crippen molar-refractivity contribution in [2.75, 3.05) is 0 Å². The summed E-state index contributed by atoms with van der Waals surface area (Å²) in [6.07, 6.45) is 33.4. The molecule has 0 spiro atoms. The molecule has 1 aromatic heterocycles. The summed E-state index contributed by atoms with van der Waals surface area (Å²) in [5.41, 5.74) is 1.67. The fraction of sp³-hybridized carbons (Fsp3) is 0.750. The molecule has 0 amide bonds. The van der Waals surface area contributed by atoms with Crippen LogP contribution in [0.5, 0.6) is 0 Å². The first-order chi connectivity index (χ1) is 14.9. The lowest BCUT2D eigenvalue weighted by molar-refractivity contribution is 0.111. The molecule has 1 heterocycles. The summed E-state index contributed by atoms with van der Waals surface area (Å²) in [5.74, 6) is 0. The summed E-state index contributed by atoms with van der Waals surface area (Å²) >= 11 is 0. The largest absolute Gasteiger partial charge is 0.353 e. The summed E-state index contributed by atoms with van der Waals surface area (Å²) in [5, 5.41) is 0. The standard InChI is InChI=1S/C28H49NO/c1-2-3-4-5-6-7-8-9-10-11-12-13-14-15-16-17-18-19-20-21-22-23-27-24-25-28(26-30)29-27/h22-26,29H,2-21H2,1H3/b23-22+. The van der Waals surface area contributed by atoms with Gasteiger partial charge in [0.15, 0.2) is 6.29 Å². The summed E-state index contributed by atoms with van der Waals surface area (Å²) in [6.45, 7) is 2.29. The fourth-order valence-electron chi connectivity index (χ4n) is 4.15. The third kappa shape index (κ3) is 16.5. The van der Waals surface area contributed by atoms with Gasteiger partial charge in [-0.05, 0) is 31.1 Å². The van der Waals surface area contributed by atoms with Crippen molar-refractivity contribution >= 4 is 12.4 Å². The van der Waals surface area contributed by atoms with Crippen LogP contribution in [0.25, 0.3) is 6.08 Å². The lowest BCUT2D eigenvalue weighted by atomic mass is 10.0. The van der Waals surface area contributed by atoms with Crippen LogP contribution in [-0.2, 0) is 0 Å². The molecule has 1 N–H and O–H groups in total. The van der Waals surface area contributed by atoms with E-state index in [2.05, 4.69) is 24.1 Å². The minimum Gasteiger partial charge on any atom is -0.353 e. The molecule has 0 aliphatic rings. The molecule has 0 aliphatic heterocycles. The Labute approximate surface area is 187 Å². The number of nitrogens with one attached hydrogen (secondary N) is 1. The predicted molar refractivity (Wildman–Crippen MR) is 133 cm³/mol. The highest BCUT2D eigenvalue weighted by atomic mass is 16.1. The number of unbranched alkanes of at least 4 members (excludes halogenated alkanes) is 19. The molecule has 2 heteroatoms. The Kier molecular flexibility index (Phi) is 18.7. The molecular formula is C28H49NO. The van der Waals surface area contributed by atoms with Gasteiger partial charge in [0.1, 0.15) is 0 Å². The van der Waals surface area contributed by atoms with Gasteiger partial charge in [0.05, 0.1) is 5.69 Å². The van der Waals surface area contributed by atoms with Crippen molar-refractivity contribution in [1.29, 1.82) is 0 Å². The first-order valence-corrected chi connectivity index (χ1v) is 13.2. The summed E-state index contributed by atoms with van der Waals surface area (Å²) in [4.78, 5) is 13.7. The molecule has 0 saturated carbocycles. The lowest BCUT2D eigenvalue weighted by Gasteiger charge is -2.03. The minimum atomic E-state index is 0.651. The van der Waals surface area contributed by atoms with Crippen molar-refractivity contribution in [1.82, 2.24) is 4.98 Å². The molecule has 30 heavy (non-hydrogen) atoms. The number of aldehydes is 1. The van der Waals surface area contributed by atoms with Crippen molar-refractivity contribution in [2.45, 2.75) is 135 Å². The highest BCUT2D eigenvalue weighted by molar-refractivity contribution is 5.73. The molecule has 0 bridgehead atoms. The van der Waals surface area contributed by atoms with Crippen LogP contribution in [-0.4, -0.2) is 11.3 Å². The number of aromatic amines is 1. The van der Waals surface area contributed by atoms with Gasteiger partial charge in [-0.3, -0.25) is 4.79 Å². The van der Waals surface area contributed by atoms with E-state index in [9.17, 15) is 4.79 Å². The van der Waals surface area contributed by atoms with E-state index in [1.807, 2.05) is 12.1 Å². The summed E-state index contributed by atoms with van der Waals surface area (Å²) < 4.78 is 0. The zero-order chi connectivity index (χ0) is 21.5. The van der Waals surface area contributed by atoms with Gasteiger partial charge in [0.2, 0.25) is 0 Å². The molecular weight excluding hydrogens is 366 g/mol. The van der Waals surface area contributed by atoms with Crippen molar-refractivity contribution in [3.05, 3.63) is 29.6 Å². The molecule has 0 aromatic carbocycles. The quantitative estimate of drug-likeness (QED) is 0.148. The Morgan fingerprint density at radius 2 is 1.00 bits per heavy atom. The van der Waals surface area contributed by atoms with E-state index >= 15 is 0 Å². The van der Waals surface area contributed by atoms with E-state index in [4.69, 9.17) is 0 Å². The number of H-pyrrole nitrogens is 1. The van der Waals surface area contributed by atoms with Crippen LogP contribution in [0.2, 0.25) is 0 Å². The normalized spacial score (nSPS) is 11.5. The first-order valence-electron chi connectivity index (χ1n) is 13.2. The Hall–Kier alpha value is -1.31. The molecule has 1 rings (SSSR count). The number of hydrogen-bond acceptors (Lipinski definition) is 1. The number of rotatable bonds is 22. The zero-order valence-corrected chi connectivity index (χ0v) is 19.9. The van der Waals surface area contributed by atoms with Crippen molar-refractivity contribution in [3.63, 3.8) is 0 Å². The minimum absolute atomic E-state index is 0.651. The van der Waals surface area contributed by atoms with E-state index in [1.54, 1.807) is 0 Å². The SMILES string of the molecule is CCCCCCCCCCCCCCCCCCCCC/C=C/c1ccc(C=O)[nH]1. The average Bonchev–Trinajstić information content (AvgIpc) is 3.23. The molecule has 0 aliphatic carbocycles. The Morgan fingerprint density at radius 1 is 0.600 bits per heavy atom. The second-order valence-electron chi connectivity index (χ2n) is 9.04. The molecule has 0 saturated heterocycles. The number of hydrogen-bond donors (Lipinski definition) is 1. The topological polar surface area (TPSA) is 32.9 Å².